The van der Waals surface area contributed by atoms with E-state index in [9.17, 15) is 9.18 Å². The molecule has 0 heterocycles. The standard InChI is InChI=1S/C22H29FN2O2/c23-18-14-11-17(12-15-18)13-16-21(26)27-22(24-19-7-3-1-4-8-19)25-20-9-5-2-6-10-20/h11-16,19-20H,1-10H2,(H,24,25)/b16-13+. The van der Waals surface area contributed by atoms with E-state index in [1.54, 1.807) is 18.2 Å². The van der Waals surface area contributed by atoms with E-state index in [2.05, 4.69) is 5.32 Å². The number of carbonyl (C=O) groups excluding carboxylic acids is 1. The molecule has 1 N–H and O–H groups in total. The highest BCUT2D eigenvalue weighted by Gasteiger charge is 2.19. The molecule has 2 aliphatic carbocycles. The minimum absolute atomic E-state index is 0.235. The lowest BCUT2D eigenvalue weighted by atomic mass is 9.95. The summed E-state index contributed by atoms with van der Waals surface area (Å²) < 4.78 is 18.5. The molecule has 2 fully saturated rings. The smallest absolute Gasteiger partial charge is 0.338 e. The van der Waals surface area contributed by atoms with Crippen LogP contribution in [0.1, 0.15) is 69.8 Å². The molecule has 0 spiro atoms. The molecular weight excluding hydrogens is 343 g/mol. The first-order chi connectivity index (χ1) is 13.2. The molecule has 5 heteroatoms. The fourth-order valence-corrected chi connectivity index (χ4v) is 3.76. The van der Waals surface area contributed by atoms with Gasteiger partial charge in [0.2, 0.25) is 0 Å². The highest BCUT2D eigenvalue weighted by Crippen LogP contribution is 2.21. The molecule has 0 aromatic heterocycles. The van der Waals surface area contributed by atoms with E-state index in [0.717, 1.165) is 31.2 Å². The summed E-state index contributed by atoms with van der Waals surface area (Å²) in [6.45, 7) is 0. The molecule has 0 aliphatic heterocycles. The molecule has 27 heavy (non-hydrogen) atoms. The average molecular weight is 372 g/mol. The molecular formula is C22H29FN2O2. The number of rotatable bonds is 4. The van der Waals surface area contributed by atoms with Gasteiger partial charge in [-0.25, -0.2) is 14.2 Å². The van der Waals surface area contributed by atoms with Gasteiger partial charge in [0.05, 0.1) is 6.04 Å². The Morgan fingerprint density at radius 3 is 2.30 bits per heavy atom. The quantitative estimate of drug-likeness (QED) is 0.350. The van der Waals surface area contributed by atoms with Crippen LogP contribution < -0.4 is 5.32 Å². The number of amidine groups is 1. The number of halogens is 1. The van der Waals surface area contributed by atoms with Gasteiger partial charge < -0.3 is 10.1 Å². The minimum Gasteiger partial charge on any atom is -0.389 e. The Morgan fingerprint density at radius 1 is 1.00 bits per heavy atom. The van der Waals surface area contributed by atoms with Crippen molar-refractivity contribution >= 4 is 18.1 Å². The Balaban J connectivity index is 1.62. The topological polar surface area (TPSA) is 50.7 Å². The lowest BCUT2D eigenvalue weighted by Gasteiger charge is -2.25. The van der Waals surface area contributed by atoms with Crippen molar-refractivity contribution in [3.63, 3.8) is 0 Å². The molecule has 2 saturated carbocycles. The Hall–Kier alpha value is -2.17. The Labute approximate surface area is 160 Å². The van der Waals surface area contributed by atoms with Crippen molar-refractivity contribution in [3.05, 3.63) is 41.7 Å². The fraction of sp³-hybridized carbons (Fsp3) is 0.545. The number of aliphatic imine (C=N–C) groups is 1. The monoisotopic (exact) mass is 372 g/mol. The Morgan fingerprint density at radius 2 is 1.63 bits per heavy atom. The fourth-order valence-electron chi connectivity index (χ4n) is 3.76. The molecule has 0 unspecified atom stereocenters. The first-order valence-electron chi connectivity index (χ1n) is 10.2. The maximum atomic E-state index is 13.0. The zero-order chi connectivity index (χ0) is 18.9. The zero-order valence-corrected chi connectivity index (χ0v) is 15.8. The average Bonchev–Trinajstić information content (AvgIpc) is 2.69. The molecule has 0 saturated heterocycles. The van der Waals surface area contributed by atoms with Crippen LogP contribution in [-0.4, -0.2) is 24.1 Å². The van der Waals surface area contributed by atoms with Crippen LogP contribution in [0, 0.1) is 5.82 Å². The van der Waals surface area contributed by atoms with Gasteiger partial charge in [-0.2, -0.15) is 0 Å². The molecule has 1 aromatic rings. The first kappa shape index (κ1) is 19.6. The van der Waals surface area contributed by atoms with Crippen molar-refractivity contribution in [1.82, 2.24) is 5.32 Å². The van der Waals surface area contributed by atoms with Gasteiger partial charge in [-0.1, -0.05) is 50.7 Å². The van der Waals surface area contributed by atoms with Crippen molar-refractivity contribution in [1.29, 1.82) is 0 Å². The van der Waals surface area contributed by atoms with Crippen LogP contribution in [0.2, 0.25) is 0 Å². The van der Waals surface area contributed by atoms with E-state index in [-0.39, 0.29) is 11.9 Å². The third-order valence-corrected chi connectivity index (χ3v) is 5.29. The molecule has 3 rings (SSSR count). The van der Waals surface area contributed by atoms with Crippen LogP contribution >= 0.6 is 0 Å². The van der Waals surface area contributed by atoms with Crippen molar-refractivity contribution in [2.24, 2.45) is 4.99 Å². The number of hydrogen-bond acceptors (Lipinski definition) is 3. The van der Waals surface area contributed by atoms with Gasteiger partial charge in [-0.3, -0.25) is 0 Å². The van der Waals surface area contributed by atoms with Crippen LogP contribution in [0.25, 0.3) is 6.08 Å². The minimum atomic E-state index is -0.461. The number of hydrogen-bond donors (Lipinski definition) is 1. The van der Waals surface area contributed by atoms with E-state index < -0.39 is 5.97 Å². The molecule has 2 aliphatic rings. The van der Waals surface area contributed by atoms with Gasteiger partial charge >= 0.3 is 5.97 Å². The van der Waals surface area contributed by atoms with E-state index >= 15 is 0 Å². The highest BCUT2D eigenvalue weighted by atomic mass is 19.1. The number of ether oxygens (including phenoxy) is 1. The second-order valence-electron chi connectivity index (χ2n) is 7.51. The largest absolute Gasteiger partial charge is 0.389 e. The Kier molecular flexibility index (Phi) is 7.43. The van der Waals surface area contributed by atoms with Crippen LogP contribution in [0.5, 0.6) is 0 Å². The number of nitrogens with one attached hydrogen (secondary N) is 1. The van der Waals surface area contributed by atoms with Gasteiger partial charge in [0, 0.05) is 12.1 Å². The predicted molar refractivity (Wildman–Crippen MR) is 106 cm³/mol. The van der Waals surface area contributed by atoms with Gasteiger partial charge in [-0.15, -0.1) is 0 Å². The second-order valence-corrected chi connectivity index (χ2v) is 7.51. The van der Waals surface area contributed by atoms with Gasteiger partial charge in [0.25, 0.3) is 6.02 Å². The van der Waals surface area contributed by atoms with Crippen molar-refractivity contribution in [2.75, 3.05) is 0 Å². The zero-order valence-electron chi connectivity index (χ0n) is 15.8. The molecule has 0 radical (unpaired) electrons. The van der Waals surface area contributed by atoms with E-state index in [0.29, 0.717) is 12.1 Å². The van der Waals surface area contributed by atoms with Crippen LogP contribution in [0.4, 0.5) is 4.39 Å². The van der Waals surface area contributed by atoms with Crippen molar-refractivity contribution < 1.29 is 13.9 Å². The van der Waals surface area contributed by atoms with Gasteiger partial charge in [-0.05, 0) is 49.5 Å². The molecule has 0 bridgehead atoms. The number of benzene rings is 1. The van der Waals surface area contributed by atoms with E-state index in [1.807, 2.05) is 0 Å². The second kappa shape index (κ2) is 10.2. The maximum absolute atomic E-state index is 13.0. The van der Waals surface area contributed by atoms with Gasteiger partial charge in [0.15, 0.2) is 0 Å². The molecule has 0 amide bonds. The Bertz CT molecular complexity index is 657. The first-order valence-corrected chi connectivity index (χ1v) is 10.2. The maximum Gasteiger partial charge on any atom is 0.338 e. The highest BCUT2D eigenvalue weighted by molar-refractivity contribution is 5.96. The summed E-state index contributed by atoms with van der Waals surface area (Å²) in [4.78, 5) is 17.0. The molecule has 146 valence electrons. The number of nitrogens with zero attached hydrogens (tertiary/aromatic N) is 1. The van der Waals surface area contributed by atoms with E-state index in [4.69, 9.17) is 9.73 Å². The van der Waals surface area contributed by atoms with Crippen molar-refractivity contribution in [2.45, 2.75) is 76.3 Å². The summed E-state index contributed by atoms with van der Waals surface area (Å²) in [6.07, 6.45) is 14.6. The number of esters is 1. The van der Waals surface area contributed by atoms with Gasteiger partial charge in [0.1, 0.15) is 5.82 Å². The lowest BCUT2D eigenvalue weighted by Crippen LogP contribution is -2.39. The normalized spacial score (nSPS) is 20.0. The predicted octanol–water partition coefficient (Wildman–Crippen LogP) is 4.99. The molecule has 0 atom stereocenters. The summed E-state index contributed by atoms with van der Waals surface area (Å²) in [6, 6.07) is 6.90. The summed E-state index contributed by atoms with van der Waals surface area (Å²) in [5.41, 5.74) is 0.749. The van der Waals surface area contributed by atoms with Crippen molar-refractivity contribution in [3.8, 4) is 0 Å². The SMILES string of the molecule is O=C(/C=C/c1ccc(F)cc1)OC(=NC1CCCCC1)NC1CCCCC1. The third kappa shape index (κ3) is 6.81. The third-order valence-electron chi connectivity index (χ3n) is 5.29. The summed E-state index contributed by atoms with van der Waals surface area (Å²) in [5, 5.41) is 3.36. The lowest BCUT2D eigenvalue weighted by molar-refractivity contribution is -0.130. The summed E-state index contributed by atoms with van der Waals surface area (Å²) >= 11 is 0. The van der Waals surface area contributed by atoms with Crippen LogP contribution in [0.3, 0.4) is 0 Å². The van der Waals surface area contributed by atoms with Crippen LogP contribution in [0.15, 0.2) is 35.3 Å². The van der Waals surface area contributed by atoms with E-state index in [1.165, 1.54) is 56.7 Å². The molecule has 4 nitrogen and oxygen atoms in total. The summed E-state index contributed by atoms with van der Waals surface area (Å²) in [7, 11) is 0. The summed E-state index contributed by atoms with van der Waals surface area (Å²) in [5.74, 6) is -0.759. The molecule has 1 aromatic carbocycles. The van der Waals surface area contributed by atoms with Crippen LogP contribution in [-0.2, 0) is 9.53 Å². The number of carbonyl (C=O) groups is 1.